The fraction of sp³-hybridized carbons (Fsp3) is 0.625. The predicted octanol–water partition coefficient (Wildman–Crippen LogP) is 3.00. The van der Waals surface area contributed by atoms with Crippen molar-refractivity contribution in [3.05, 3.63) is 24.3 Å². The molecular formula is C16H25NO4S. The lowest BCUT2D eigenvalue weighted by Gasteiger charge is -2.31. The first-order chi connectivity index (χ1) is 10.7. The summed E-state index contributed by atoms with van der Waals surface area (Å²) >= 11 is -1.91. The number of benzene rings is 1. The van der Waals surface area contributed by atoms with E-state index in [1.54, 1.807) is 7.11 Å². The Bertz CT molecular complexity index is 483. The third kappa shape index (κ3) is 5.59. The second-order valence-electron chi connectivity index (χ2n) is 5.73. The molecule has 1 aliphatic carbocycles. The molecule has 0 bridgehead atoms. The summed E-state index contributed by atoms with van der Waals surface area (Å²) in [4.78, 5) is 0. The topological polar surface area (TPSA) is 67.8 Å². The SMILES string of the molecule is COc1cccc(OCC2CCCCC2CCNS(=O)O)c1. The third-order valence-electron chi connectivity index (χ3n) is 4.31. The van der Waals surface area contributed by atoms with Crippen LogP contribution in [0.2, 0.25) is 0 Å². The summed E-state index contributed by atoms with van der Waals surface area (Å²) in [5.74, 6) is 2.69. The molecule has 2 N–H and O–H groups in total. The highest BCUT2D eigenvalue weighted by atomic mass is 32.2. The molecule has 0 heterocycles. The minimum Gasteiger partial charge on any atom is -0.497 e. The van der Waals surface area contributed by atoms with Crippen LogP contribution in [-0.4, -0.2) is 29.0 Å². The van der Waals surface area contributed by atoms with Crippen molar-refractivity contribution in [1.82, 2.24) is 4.72 Å². The van der Waals surface area contributed by atoms with E-state index in [0.29, 0.717) is 25.0 Å². The van der Waals surface area contributed by atoms with Gasteiger partial charge in [-0.3, -0.25) is 4.55 Å². The van der Waals surface area contributed by atoms with Crippen molar-refractivity contribution in [3.8, 4) is 11.5 Å². The summed E-state index contributed by atoms with van der Waals surface area (Å²) in [6.45, 7) is 1.27. The summed E-state index contributed by atoms with van der Waals surface area (Å²) in [6, 6.07) is 7.66. The van der Waals surface area contributed by atoms with Crippen molar-refractivity contribution in [2.45, 2.75) is 32.1 Å². The van der Waals surface area contributed by atoms with Crippen molar-refractivity contribution in [2.24, 2.45) is 11.8 Å². The Morgan fingerprint density at radius 1 is 1.27 bits per heavy atom. The van der Waals surface area contributed by atoms with Gasteiger partial charge >= 0.3 is 0 Å². The van der Waals surface area contributed by atoms with Gasteiger partial charge in [-0.05, 0) is 36.8 Å². The Morgan fingerprint density at radius 2 is 2.00 bits per heavy atom. The molecule has 0 aromatic heterocycles. The van der Waals surface area contributed by atoms with Gasteiger partial charge in [-0.15, -0.1) is 0 Å². The molecule has 0 spiro atoms. The maximum atomic E-state index is 10.7. The van der Waals surface area contributed by atoms with Gasteiger partial charge in [-0.25, -0.2) is 8.93 Å². The molecule has 1 fully saturated rings. The van der Waals surface area contributed by atoms with Gasteiger partial charge in [0.25, 0.3) is 0 Å². The highest BCUT2D eigenvalue weighted by Crippen LogP contribution is 2.33. The van der Waals surface area contributed by atoms with Crippen LogP contribution in [-0.2, 0) is 11.3 Å². The van der Waals surface area contributed by atoms with E-state index in [1.165, 1.54) is 19.3 Å². The van der Waals surface area contributed by atoms with Crippen LogP contribution in [0.4, 0.5) is 0 Å². The van der Waals surface area contributed by atoms with Gasteiger partial charge in [0.05, 0.1) is 13.7 Å². The van der Waals surface area contributed by atoms with Crippen molar-refractivity contribution < 1.29 is 18.2 Å². The zero-order valence-corrected chi connectivity index (χ0v) is 13.8. The molecule has 6 heteroatoms. The maximum Gasteiger partial charge on any atom is 0.231 e. The van der Waals surface area contributed by atoms with Gasteiger partial charge < -0.3 is 9.47 Å². The van der Waals surface area contributed by atoms with Crippen LogP contribution in [0, 0.1) is 11.8 Å². The molecule has 1 saturated carbocycles. The van der Waals surface area contributed by atoms with E-state index in [2.05, 4.69) is 4.72 Å². The number of methoxy groups -OCH3 is 1. The summed E-state index contributed by atoms with van der Waals surface area (Å²) in [6.07, 6.45) is 5.73. The normalized spacial score (nSPS) is 23.0. The number of hydrogen-bond acceptors (Lipinski definition) is 3. The smallest absolute Gasteiger partial charge is 0.231 e. The zero-order valence-electron chi connectivity index (χ0n) is 13.0. The van der Waals surface area contributed by atoms with Crippen molar-refractivity contribution >= 4 is 11.3 Å². The van der Waals surface area contributed by atoms with E-state index in [4.69, 9.17) is 14.0 Å². The molecule has 5 nitrogen and oxygen atoms in total. The second-order valence-corrected chi connectivity index (χ2v) is 6.51. The van der Waals surface area contributed by atoms with Gasteiger partial charge in [0, 0.05) is 12.6 Å². The minimum atomic E-state index is -1.91. The molecule has 0 amide bonds. The average Bonchev–Trinajstić information content (AvgIpc) is 2.54. The minimum absolute atomic E-state index is 0.508. The van der Waals surface area contributed by atoms with Crippen molar-refractivity contribution in [2.75, 3.05) is 20.3 Å². The second kappa shape index (κ2) is 9.12. The molecular weight excluding hydrogens is 302 g/mol. The van der Waals surface area contributed by atoms with Gasteiger partial charge in [-0.2, -0.15) is 0 Å². The predicted molar refractivity (Wildman–Crippen MR) is 87.3 cm³/mol. The molecule has 0 radical (unpaired) electrons. The fourth-order valence-electron chi connectivity index (χ4n) is 3.11. The van der Waals surface area contributed by atoms with E-state index in [0.717, 1.165) is 24.3 Å². The van der Waals surface area contributed by atoms with E-state index >= 15 is 0 Å². The molecule has 0 aliphatic heterocycles. The average molecular weight is 327 g/mol. The van der Waals surface area contributed by atoms with Crippen LogP contribution in [0.5, 0.6) is 11.5 Å². The first kappa shape index (κ1) is 17.2. The quantitative estimate of drug-likeness (QED) is 0.720. The van der Waals surface area contributed by atoms with Crippen LogP contribution in [0.1, 0.15) is 32.1 Å². The summed E-state index contributed by atoms with van der Waals surface area (Å²) in [7, 11) is 1.65. The molecule has 0 saturated heterocycles. The van der Waals surface area contributed by atoms with Crippen LogP contribution >= 0.6 is 0 Å². The monoisotopic (exact) mass is 327 g/mol. The lowest BCUT2D eigenvalue weighted by atomic mass is 9.78. The van der Waals surface area contributed by atoms with E-state index in [-0.39, 0.29) is 0 Å². The zero-order chi connectivity index (χ0) is 15.8. The summed E-state index contributed by atoms with van der Waals surface area (Å²) in [5.41, 5.74) is 0. The Labute approximate surface area is 134 Å². The lowest BCUT2D eigenvalue weighted by molar-refractivity contribution is 0.143. The van der Waals surface area contributed by atoms with Gasteiger partial charge in [0.1, 0.15) is 11.5 Å². The summed E-state index contributed by atoms with van der Waals surface area (Å²) in [5, 5.41) is 0. The number of hydrogen-bond donors (Lipinski definition) is 2. The molecule has 2 rings (SSSR count). The van der Waals surface area contributed by atoms with Gasteiger partial charge in [0.2, 0.25) is 11.3 Å². The Morgan fingerprint density at radius 3 is 2.73 bits per heavy atom. The number of ether oxygens (including phenoxy) is 2. The van der Waals surface area contributed by atoms with Gasteiger partial charge in [0.15, 0.2) is 0 Å². The highest BCUT2D eigenvalue weighted by Gasteiger charge is 2.25. The molecule has 1 aromatic carbocycles. The van der Waals surface area contributed by atoms with Gasteiger partial charge in [-0.1, -0.05) is 25.3 Å². The first-order valence-electron chi connectivity index (χ1n) is 7.80. The molecule has 3 atom stereocenters. The number of rotatable bonds is 8. The molecule has 22 heavy (non-hydrogen) atoms. The third-order valence-corrected chi connectivity index (χ3v) is 4.76. The van der Waals surface area contributed by atoms with Crippen molar-refractivity contribution in [1.29, 1.82) is 0 Å². The lowest BCUT2D eigenvalue weighted by Crippen LogP contribution is -2.29. The van der Waals surface area contributed by atoms with E-state index in [1.807, 2.05) is 24.3 Å². The van der Waals surface area contributed by atoms with E-state index < -0.39 is 11.3 Å². The largest absolute Gasteiger partial charge is 0.497 e. The number of nitrogens with one attached hydrogen (secondary N) is 1. The molecule has 124 valence electrons. The molecule has 1 aliphatic rings. The van der Waals surface area contributed by atoms with E-state index in [9.17, 15) is 4.21 Å². The Hall–Kier alpha value is -1.11. The fourth-order valence-corrected chi connectivity index (χ4v) is 3.40. The highest BCUT2D eigenvalue weighted by molar-refractivity contribution is 7.77. The Balaban J connectivity index is 1.83. The van der Waals surface area contributed by atoms with Crippen LogP contribution in [0.25, 0.3) is 0 Å². The summed E-state index contributed by atoms with van der Waals surface area (Å²) < 4.78 is 33.1. The van der Waals surface area contributed by atoms with Crippen molar-refractivity contribution in [3.63, 3.8) is 0 Å². The Kier molecular flexibility index (Phi) is 7.15. The maximum absolute atomic E-state index is 10.7. The molecule has 3 unspecified atom stereocenters. The molecule has 1 aromatic rings. The standard InChI is InChI=1S/C16H25NO4S/c1-20-15-7-4-8-16(11-15)21-12-14-6-3-2-5-13(14)9-10-17-22(18)19/h4,7-8,11,13-14,17H,2-3,5-6,9-10,12H2,1H3,(H,18,19). The van der Waals surface area contributed by atoms with Crippen LogP contribution in [0.15, 0.2) is 24.3 Å². The van der Waals surface area contributed by atoms with Crippen LogP contribution in [0.3, 0.4) is 0 Å². The first-order valence-corrected chi connectivity index (χ1v) is 8.91. The van der Waals surface area contributed by atoms with Crippen LogP contribution < -0.4 is 14.2 Å².